The van der Waals surface area contributed by atoms with Crippen LogP contribution in [0.25, 0.3) is 0 Å². The normalized spacial score (nSPS) is 21.5. The Balaban J connectivity index is 1.74. The SMILES string of the molecule is CC(C)N1C(=O)CC(NC(=O)c2noc3c2CCCCC3)C1=O. The van der Waals surface area contributed by atoms with Crippen molar-refractivity contribution in [2.24, 2.45) is 0 Å². The number of likely N-dealkylation sites (tertiary alicyclic amines) is 1. The molecule has 1 aliphatic carbocycles. The molecule has 124 valence electrons. The zero-order chi connectivity index (χ0) is 16.6. The van der Waals surface area contributed by atoms with Crippen molar-refractivity contribution in [3.8, 4) is 0 Å². The molecule has 2 aliphatic rings. The van der Waals surface area contributed by atoms with Gasteiger partial charge in [0.1, 0.15) is 11.8 Å². The predicted octanol–water partition coefficient (Wildman–Crippen LogP) is 1.21. The number of rotatable bonds is 3. The second-order valence-corrected chi connectivity index (χ2v) is 6.42. The van der Waals surface area contributed by atoms with E-state index in [0.717, 1.165) is 43.4 Å². The summed E-state index contributed by atoms with van der Waals surface area (Å²) in [7, 11) is 0. The van der Waals surface area contributed by atoms with E-state index in [1.54, 1.807) is 13.8 Å². The quantitative estimate of drug-likeness (QED) is 0.668. The number of amides is 3. The Bertz CT molecular complexity index is 650. The van der Waals surface area contributed by atoms with Crippen molar-refractivity contribution in [1.29, 1.82) is 0 Å². The van der Waals surface area contributed by atoms with Crippen molar-refractivity contribution in [3.63, 3.8) is 0 Å². The predicted molar refractivity (Wildman–Crippen MR) is 80.6 cm³/mol. The maximum absolute atomic E-state index is 12.5. The van der Waals surface area contributed by atoms with Crippen LogP contribution in [0.2, 0.25) is 0 Å². The fourth-order valence-corrected chi connectivity index (χ4v) is 3.27. The Morgan fingerprint density at radius 3 is 2.70 bits per heavy atom. The molecule has 2 heterocycles. The Hall–Kier alpha value is -2.18. The van der Waals surface area contributed by atoms with E-state index in [2.05, 4.69) is 10.5 Å². The molecule has 7 nitrogen and oxygen atoms in total. The van der Waals surface area contributed by atoms with Gasteiger partial charge in [-0.15, -0.1) is 0 Å². The van der Waals surface area contributed by atoms with E-state index in [1.165, 1.54) is 4.90 Å². The summed E-state index contributed by atoms with van der Waals surface area (Å²) >= 11 is 0. The topological polar surface area (TPSA) is 92.5 Å². The molecule has 0 bridgehead atoms. The van der Waals surface area contributed by atoms with Crippen LogP contribution in [0, 0.1) is 0 Å². The summed E-state index contributed by atoms with van der Waals surface area (Å²) in [6.45, 7) is 3.55. The van der Waals surface area contributed by atoms with E-state index >= 15 is 0 Å². The number of aromatic nitrogens is 1. The van der Waals surface area contributed by atoms with Gasteiger partial charge in [-0.2, -0.15) is 0 Å². The van der Waals surface area contributed by atoms with Gasteiger partial charge in [0.05, 0.1) is 6.42 Å². The molecular formula is C16H21N3O4. The van der Waals surface area contributed by atoms with Gasteiger partial charge in [-0.3, -0.25) is 19.3 Å². The monoisotopic (exact) mass is 319 g/mol. The van der Waals surface area contributed by atoms with E-state index in [9.17, 15) is 14.4 Å². The van der Waals surface area contributed by atoms with Gasteiger partial charge in [0, 0.05) is 18.0 Å². The molecular weight excluding hydrogens is 298 g/mol. The lowest BCUT2D eigenvalue weighted by Crippen LogP contribution is -2.44. The van der Waals surface area contributed by atoms with Crippen LogP contribution in [0.1, 0.15) is 61.3 Å². The van der Waals surface area contributed by atoms with Crippen LogP contribution in [0.4, 0.5) is 0 Å². The van der Waals surface area contributed by atoms with Gasteiger partial charge in [0.2, 0.25) is 5.91 Å². The second-order valence-electron chi connectivity index (χ2n) is 6.42. The fourth-order valence-electron chi connectivity index (χ4n) is 3.27. The van der Waals surface area contributed by atoms with E-state index in [1.807, 2.05) is 0 Å². The fraction of sp³-hybridized carbons (Fsp3) is 0.625. The average Bonchev–Trinajstić information content (AvgIpc) is 2.91. The first-order valence-electron chi connectivity index (χ1n) is 8.13. The molecule has 0 spiro atoms. The lowest BCUT2D eigenvalue weighted by molar-refractivity contribution is -0.140. The van der Waals surface area contributed by atoms with Gasteiger partial charge in [-0.1, -0.05) is 11.6 Å². The van der Waals surface area contributed by atoms with Crippen molar-refractivity contribution in [2.45, 2.75) is 64.5 Å². The molecule has 1 N–H and O–H groups in total. The highest BCUT2D eigenvalue weighted by molar-refractivity contribution is 6.08. The van der Waals surface area contributed by atoms with E-state index in [0.29, 0.717) is 0 Å². The number of nitrogens with zero attached hydrogens (tertiary/aromatic N) is 2. The number of hydrogen-bond acceptors (Lipinski definition) is 5. The number of nitrogens with one attached hydrogen (secondary N) is 1. The first-order chi connectivity index (χ1) is 11.0. The summed E-state index contributed by atoms with van der Waals surface area (Å²) in [5.41, 5.74) is 1.10. The number of fused-ring (bicyclic) bond motifs is 1. The minimum Gasteiger partial charge on any atom is -0.360 e. The number of imide groups is 1. The molecule has 1 aliphatic heterocycles. The summed E-state index contributed by atoms with van der Waals surface area (Å²) in [6.07, 6.45) is 4.68. The summed E-state index contributed by atoms with van der Waals surface area (Å²) in [5, 5.41) is 6.53. The van der Waals surface area contributed by atoms with Gasteiger partial charge < -0.3 is 9.84 Å². The van der Waals surface area contributed by atoms with Crippen LogP contribution >= 0.6 is 0 Å². The number of aryl methyl sites for hydroxylation is 1. The number of carbonyl (C=O) groups is 3. The zero-order valence-electron chi connectivity index (χ0n) is 13.4. The van der Waals surface area contributed by atoms with Crippen molar-refractivity contribution in [1.82, 2.24) is 15.4 Å². The molecule has 7 heteroatoms. The van der Waals surface area contributed by atoms with Gasteiger partial charge in [-0.25, -0.2) is 0 Å². The first kappa shape index (κ1) is 15.7. The molecule has 0 aromatic carbocycles. The molecule has 1 saturated heterocycles. The summed E-state index contributed by atoms with van der Waals surface area (Å²) in [6, 6.07) is -1.02. The van der Waals surface area contributed by atoms with Crippen LogP contribution in [0.15, 0.2) is 4.52 Å². The highest BCUT2D eigenvalue weighted by Crippen LogP contribution is 2.24. The third-order valence-corrected chi connectivity index (χ3v) is 4.42. The Morgan fingerprint density at radius 1 is 1.26 bits per heavy atom. The maximum Gasteiger partial charge on any atom is 0.274 e. The van der Waals surface area contributed by atoms with E-state index < -0.39 is 11.9 Å². The Labute approximate surface area is 134 Å². The smallest absolute Gasteiger partial charge is 0.274 e. The van der Waals surface area contributed by atoms with Crippen molar-refractivity contribution >= 4 is 17.7 Å². The Kier molecular flexibility index (Phi) is 4.19. The van der Waals surface area contributed by atoms with Gasteiger partial charge >= 0.3 is 0 Å². The summed E-state index contributed by atoms with van der Waals surface area (Å²) in [4.78, 5) is 37.8. The minimum absolute atomic E-state index is 0.00277. The van der Waals surface area contributed by atoms with Crippen molar-refractivity contribution < 1.29 is 18.9 Å². The molecule has 1 atom stereocenters. The zero-order valence-corrected chi connectivity index (χ0v) is 13.4. The van der Waals surface area contributed by atoms with Crippen LogP contribution in [0.5, 0.6) is 0 Å². The first-order valence-corrected chi connectivity index (χ1v) is 8.13. The molecule has 1 aromatic heterocycles. The van der Waals surface area contributed by atoms with E-state index in [4.69, 9.17) is 4.52 Å². The molecule has 1 aromatic rings. The third-order valence-electron chi connectivity index (χ3n) is 4.42. The minimum atomic E-state index is -0.810. The van der Waals surface area contributed by atoms with Gasteiger partial charge in [0.15, 0.2) is 5.69 Å². The van der Waals surface area contributed by atoms with Crippen molar-refractivity contribution in [2.75, 3.05) is 0 Å². The molecule has 1 fully saturated rings. The Morgan fingerprint density at radius 2 is 2.00 bits per heavy atom. The average molecular weight is 319 g/mol. The van der Waals surface area contributed by atoms with Crippen molar-refractivity contribution in [3.05, 3.63) is 17.0 Å². The molecule has 1 unspecified atom stereocenters. The number of hydrogen-bond donors (Lipinski definition) is 1. The van der Waals surface area contributed by atoms with Crippen LogP contribution in [0.3, 0.4) is 0 Å². The largest absolute Gasteiger partial charge is 0.360 e. The lowest BCUT2D eigenvalue weighted by atomic mass is 10.1. The summed E-state index contributed by atoms with van der Waals surface area (Å²) < 4.78 is 5.29. The van der Waals surface area contributed by atoms with Gasteiger partial charge in [-0.05, 0) is 33.1 Å². The highest BCUT2D eigenvalue weighted by atomic mass is 16.5. The van der Waals surface area contributed by atoms with Crippen LogP contribution in [-0.4, -0.2) is 39.9 Å². The third kappa shape index (κ3) is 2.87. The van der Waals surface area contributed by atoms with Crippen LogP contribution in [-0.2, 0) is 22.4 Å². The lowest BCUT2D eigenvalue weighted by Gasteiger charge is -2.19. The van der Waals surface area contributed by atoms with E-state index in [-0.39, 0.29) is 30.0 Å². The number of carbonyl (C=O) groups excluding carboxylic acids is 3. The highest BCUT2D eigenvalue weighted by Gasteiger charge is 2.41. The molecule has 3 amide bonds. The molecule has 0 saturated carbocycles. The molecule has 0 radical (unpaired) electrons. The molecule has 23 heavy (non-hydrogen) atoms. The summed E-state index contributed by atoms with van der Waals surface area (Å²) in [5.74, 6) is -0.277. The standard InChI is InChI=1S/C16H21N3O4/c1-9(2)19-13(20)8-11(16(19)22)17-15(21)14-10-6-4-3-5-7-12(10)23-18-14/h9,11H,3-8H2,1-2H3,(H,17,21). The molecule has 3 rings (SSSR count). The van der Waals surface area contributed by atoms with Gasteiger partial charge in [0.25, 0.3) is 11.8 Å². The maximum atomic E-state index is 12.5. The van der Waals surface area contributed by atoms with Crippen LogP contribution < -0.4 is 5.32 Å². The second kappa shape index (κ2) is 6.14.